The van der Waals surface area contributed by atoms with E-state index in [1.165, 1.54) is 0 Å². The number of amides is 1. The number of halogens is 1. The standard InChI is InChI=1S/C15H21ClN2O2/c1-9(2)12-7-10(8-14(16)17-12)15(20)18-11-5-3-4-6-13(11)19/h7-9,11,13,19H,3-6H2,1-2H3,(H,18,20). The molecular formula is C15H21ClN2O2. The number of nitrogens with one attached hydrogen (secondary N) is 1. The van der Waals surface area contributed by atoms with Gasteiger partial charge in [0.15, 0.2) is 0 Å². The second kappa shape index (κ2) is 6.55. The minimum Gasteiger partial charge on any atom is -0.391 e. The summed E-state index contributed by atoms with van der Waals surface area (Å²) < 4.78 is 0. The molecule has 1 saturated carbocycles. The summed E-state index contributed by atoms with van der Waals surface area (Å²) in [5.74, 6) is 0.0164. The number of hydrogen-bond acceptors (Lipinski definition) is 3. The lowest BCUT2D eigenvalue weighted by molar-refractivity contribution is 0.0717. The summed E-state index contributed by atoms with van der Waals surface area (Å²) in [5.41, 5.74) is 1.30. The third-order valence-electron chi connectivity index (χ3n) is 3.71. The Morgan fingerprint density at radius 1 is 1.40 bits per heavy atom. The Balaban J connectivity index is 2.12. The van der Waals surface area contributed by atoms with Gasteiger partial charge < -0.3 is 10.4 Å². The van der Waals surface area contributed by atoms with Crippen molar-refractivity contribution in [3.63, 3.8) is 0 Å². The molecule has 1 aromatic rings. The molecule has 0 aliphatic heterocycles. The first kappa shape index (κ1) is 15.3. The monoisotopic (exact) mass is 296 g/mol. The zero-order valence-corrected chi connectivity index (χ0v) is 12.7. The second-order valence-corrected chi connectivity index (χ2v) is 6.08. The summed E-state index contributed by atoms with van der Waals surface area (Å²) in [4.78, 5) is 16.5. The molecule has 20 heavy (non-hydrogen) atoms. The van der Waals surface area contributed by atoms with E-state index in [4.69, 9.17) is 11.6 Å². The molecule has 5 heteroatoms. The molecule has 1 heterocycles. The molecule has 2 atom stereocenters. The highest BCUT2D eigenvalue weighted by molar-refractivity contribution is 6.29. The smallest absolute Gasteiger partial charge is 0.251 e. The van der Waals surface area contributed by atoms with Gasteiger partial charge in [-0.25, -0.2) is 4.98 Å². The van der Waals surface area contributed by atoms with Crippen LogP contribution in [-0.4, -0.2) is 28.1 Å². The van der Waals surface area contributed by atoms with Gasteiger partial charge in [0, 0.05) is 11.3 Å². The molecule has 2 N–H and O–H groups in total. The minimum absolute atomic E-state index is 0.161. The maximum atomic E-state index is 12.3. The van der Waals surface area contributed by atoms with Crippen LogP contribution in [0.3, 0.4) is 0 Å². The number of rotatable bonds is 3. The highest BCUT2D eigenvalue weighted by atomic mass is 35.5. The number of aliphatic hydroxyl groups is 1. The largest absolute Gasteiger partial charge is 0.391 e. The maximum absolute atomic E-state index is 12.3. The van der Waals surface area contributed by atoms with E-state index in [2.05, 4.69) is 10.3 Å². The van der Waals surface area contributed by atoms with Crippen molar-refractivity contribution in [2.45, 2.75) is 57.6 Å². The summed E-state index contributed by atoms with van der Waals surface area (Å²) in [6.45, 7) is 4.01. The Morgan fingerprint density at radius 3 is 2.75 bits per heavy atom. The lowest BCUT2D eigenvalue weighted by Crippen LogP contribution is -2.45. The third-order valence-corrected chi connectivity index (χ3v) is 3.91. The summed E-state index contributed by atoms with van der Waals surface area (Å²) >= 11 is 5.97. The van der Waals surface area contributed by atoms with Crippen LogP contribution in [0, 0.1) is 0 Å². The Bertz CT molecular complexity index is 491. The van der Waals surface area contributed by atoms with Crippen molar-refractivity contribution in [2.24, 2.45) is 0 Å². The fraction of sp³-hybridized carbons (Fsp3) is 0.600. The minimum atomic E-state index is -0.449. The van der Waals surface area contributed by atoms with E-state index in [1.807, 2.05) is 13.8 Å². The Kier molecular flexibility index (Phi) is 5.00. The van der Waals surface area contributed by atoms with Crippen LogP contribution < -0.4 is 5.32 Å². The number of carbonyl (C=O) groups is 1. The Labute approximate surface area is 124 Å². The van der Waals surface area contributed by atoms with Crippen LogP contribution in [-0.2, 0) is 0 Å². The van der Waals surface area contributed by atoms with Crippen LogP contribution >= 0.6 is 11.6 Å². The summed E-state index contributed by atoms with van der Waals surface area (Å²) in [6.07, 6.45) is 3.18. The molecule has 0 saturated heterocycles. The van der Waals surface area contributed by atoms with Crippen molar-refractivity contribution in [3.8, 4) is 0 Å². The zero-order chi connectivity index (χ0) is 14.7. The van der Waals surface area contributed by atoms with Gasteiger partial charge in [0.2, 0.25) is 0 Å². The van der Waals surface area contributed by atoms with Crippen molar-refractivity contribution in [1.29, 1.82) is 0 Å². The Hall–Kier alpha value is -1.13. The molecule has 110 valence electrons. The van der Waals surface area contributed by atoms with Crippen molar-refractivity contribution in [2.75, 3.05) is 0 Å². The van der Waals surface area contributed by atoms with Crippen LogP contribution in [0.15, 0.2) is 12.1 Å². The van der Waals surface area contributed by atoms with Gasteiger partial charge in [-0.05, 0) is 30.9 Å². The van der Waals surface area contributed by atoms with Gasteiger partial charge in [-0.3, -0.25) is 4.79 Å². The first-order valence-corrected chi connectivity index (χ1v) is 7.51. The van der Waals surface area contributed by atoms with Crippen LogP contribution in [0.25, 0.3) is 0 Å². The predicted molar refractivity (Wildman–Crippen MR) is 79.1 cm³/mol. The first-order valence-electron chi connectivity index (χ1n) is 7.14. The van der Waals surface area contributed by atoms with E-state index in [9.17, 15) is 9.90 Å². The highest BCUT2D eigenvalue weighted by Gasteiger charge is 2.25. The normalized spacial score (nSPS) is 22.9. The van der Waals surface area contributed by atoms with Crippen LogP contribution in [0.5, 0.6) is 0 Å². The van der Waals surface area contributed by atoms with Gasteiger partial charge in [0.25, 0.3) is 5.91 Å². The Morgan fingerprint density at radius 2 is 2.10 bits per heavy atom. The van der Waals surface area contributed by atoms with Crippen molar-refractivity contribution in [1.82, 2.24) is 10.3 Å². The van der Waals surface area contributed by atoms with E-state index < -0.39 is 6.10 Å². The van der Waals surface area contributed by atoms with Gasteiger partial charge in [-0.2, -0.15) is 0 Å². The number of carbonyl (C=O) groups excluding carboxylic acids is 1. The molecule has 0 spiro atoms. The maximum Gasteiger partial charge on any atom is 0.251 e. The molecule has 0 bridgehead atoms. The third kappa shape index (κ3) is 3.70. The fourth-order valence-electron chi connectivity index (χ4n) is 2.48. The summed E-state index contributed by atoms with van der Waals surface area (Å²) in [5, 5.41) is 13.1. The fourth-order valence-corrected chi connectivity index (χ4v) is 2.69. The number of aromatic nitrogens is 1. The number of pyridine rings is 1. The van der Waals surface area contributed by atoms with E-state index in [1.54, 1.807) is 12.1 Å². The van der Waals surface area contributed by atoms with Crippen molar-refractivity contribution < 1.29 is 9.90 Å². The summed E-state index contributed by atoms with van der Waals surface area (Å²) in [7, 11) is 0. The van der Waals surface area contributed by atoms with Crippen molar-refractivity contribution in [3.05, 3.63) is 28.5 Å². The molecule has 2 unspecified atom stereocenters. The summed E-state index contributed by atoms with van der Waals surface area (Å²) in [6, 6.07) is 3.17. The molecule has 1 aliphatic carbocycles. The van der Waals surface area contributed by atoms with Gasteiger partial charge >= 0.3 is 0 Å². The average molecular weight is 297 g/mol. The van der Waals surface area contributed by atoms with Crippen LogP contribution in [0.4, 0.5) is 0 Å². The number of hydrogen-bond donors (Lipinski definition) is 2. The lowest BCUT2D eigenvalue weighted by Gasteiger charge is -2.28. The number of aliphatic hydroxyl groups excluding tert-OH is 1. The molecule has 1 aromatic heterocycles. The van der Waals surface area contributed by atoms with Gasteiger partial charge in [0.1, 0.15) is 5.15 Å². The van der Waals surface area contributed by atoms with E-state index in [0.717, 1.165) is 31.4 Å². The quantitative estimate of drug-likeness (QED) is 0.843. The molecule has 2 rings (SSSR count). The lowest BCUT2D eigenvalue weighted by atomic mass is 9.92. The number of nitrogens with zero attached hydrogens (tertiary/aromatic N) is 1. The first-order chi connectivity index (χ1) is 9.47. The van der Waals surface area contributed by atoms with E-state index >= 15 is 0 Å². The average Bonchev–Trinajstić information content (AvgIpc) is 2.40. The van der Waals surface area contributed by atoms with Crippen LogP contribution in [0.1, 0.15) is 61.5 Å². The van der Waals surface area contributed by atoms with Gasteiger partial charge in [-0.15, -0.1) is 0 Å². The molecule has 1 amide bonds. The predicted octanol–water partition coefficient (Wildman–Crippen LogP) is 2.89. The van der Waals surface area contributed by atoms with Gasteiger partial charge in [-0.1, -0.05) is 38.3 Å². The highest BCUT2D eigenvalue weighted by Crippen LogP contribution is 2.20. The topological polar surface area (TPSA) is 62.2 Å². The molecule has 1 aliphatic rings. The molecule has 4 nitrogen and oxygen atoms in total. The molecular weight excluding hydrogens is 276 g/mol. The SMILES string of the molecule is CC(C)c1cc(C(=O)NC2CCCCC2O)cc(Cl)n1. The van der Waals surface area contributed by atoms with Crippen molar-refractivity contribution >= 4 is 17.5 Å². The molecule has 1 fully saturated rings. The van der Waals surface area contributed by atoms with Gasteiger partial charge in [0.05, 0.1) is 12.1 Å². The molecule has 0 radical (unpaired) electrons. The van der Waals surface area contributed by atoms with Crippen LogP contribution in [0.2, 0.25) is 5.15 Å². The van der Waals surface area contributed by atoms with E-state index in [-0.39, 0.29) is 17.9 Å². The second-order valence-electron chi connectivity index (χ2n) is 5.69. The zero-order valence-electron chi connectivity index (χ0n) is 11.9. The van der Waals surface area contributed by atoms with E-state index in [0.29, 0.717) is 10.7 Å². The molecule has 0 aromatic carbocycles.